The summed E-state index contributed by atoms with van der Waals surface area (Å²) in [7, 11) is 0. The average Bonchev–Trinajstić information content (AvgIpc) is 2.85. The van der Waals surface area contributed by atoms with Gasteiger partial charge in [-0.1, -0.05) is 72.8 Å². The molecule has 0 fully saturated rings. The fourth-order valence-electron chi connectivity index (χ4n) is 3.47. The van der Waals surface area contributed by atoms with E-state index in [1.807, 2.05) is 30.3 Å². The van der Waals surface area contributed by atoms with Crippen LogP contribution in [0.3, 0.4) is 0 Å². The molecule has 0 N–H and O–H groups in total. The van der Waals surface area contributed by atoms with E-state index >= 15 is 0 Å². The van der Waals surface area contributed by atoms with Crippen molar-refractivity contribution in [2.24, 2.45) is 0 Å². The minimum absolute atomic E-state index is 0.292. The summed E-state index contributed by atoms with van der Waals surface area (Å²) in [6, 6.07) is 36.6. The van der Waals surface area contributed by atoms with Crippen LogP contribution in [0, 0.1) is 0 Å². The zero-order valence-corrected chi connectivity index (χ0v) is 18.0. The lowest BCUT2D eigenvalue weighted by Crippen LogP contribution is -2.09. The van der Waals surface area contributed by atoms with Gasteiger partial charge in [-0.2, -0.15) is 0 Å². The van der Waals surface area contributed by atoms with Crippen LogP contribution in [0.4, 0.5) is 17.1 Å². The Bertz CT molecular complexity index is 1130. The summed E-state index contributed by atoms with van der Waals surface area (Å²) in [6.45, 7) is 2.18. The summed E-state index contributed by atoms with van der Waals surface area (Å²) in [5.41, 5.74) is 6.02. The highest BCUT2D eigenvalue weighted by Gasteiger charge is 2.11. The summed E-state index contributed by atoms with van der Waals surface area (Å²) >= 11 is 0. The van der Waals surface area contributed by atoms with Gasteiger partial charge in [0, 0.05) is 17.1 Å². The average molecular weight is 420 g/mol. The quantitative estimate of drug-likeness (QED) is 0.229. The molecular formula is C29H25NO2. The molecule has 0 spiro atoms. The van der Waals surface area contributed by atoms with Crippen molar-refractivity contribution in [3.63, 3.8) is 0 Å². The third-order valence-electron chi connectivity index (χ3n) is 5.07. The van der Waals surface area contributed by atoms with Crippen LogP contribution in [-0.4, -0.2) is 12.6 Å². The van der Waals surface area contributed by atoms with E-state index in [0.717, 1.165) is 28.2 Å². The summed E-state index contributed by atoms with van der Waals surface area (Å²) in [5.74, 6) is -0.292. The number of benzene rings is 4. The largest absolute Gasteiger partial charge is 0.462 e. The minimum atomic E-state index is -0.292. The molecule has 0 aliphatic carbocycles. The van der Waals surface area contributed by atoms with Crippen LogP contribution >= 0.6 is 0 Å². The van der Waals surface area contributed by atoms with Crippen LogP contribution in [0.25, 0.3) is 12.2 Å². The Morgan fingerprint density at radius 3 is 1.56 bits per heavy atom. The molecule has 0 amide bonds. The molecule has 158 valence electrons. The minimum Gasteiger partial charge on any atom is -0.462 e. The van der Waals surface area contributed by atoms with Gasteiger partial charge in [0.05, 0.1) is 12.2 Å². The Hall–Kier alpha value is -4.11. The first-order valence-electron chi connectivity index (χ1n) is 10.7. The molecular weight excluding hydrogens is 394 g/mol. The first kappa shape index (κ1) is 21.1. The fourth-order valence-corrected chi connectivity index (χ4v) is 3.47. The van der Waals surface area contributed by atoms with E-state index < -0.39 is 0 Å². The number of hydrogen-bond donors (Lipinski definition) is 0. The van der Waals surface area contributed by atoms with Gasteiger partial charge in [0.25, 0.3) is 0 Å². The van der Waals surface area contributed by atoms with Gasteiger partial charge in [-0.25, -0.2) is 4.79 Å². The molecule has 0 saturated carbocycles. The summed E-state index contributed by atoms with van der Waals surface area (Å²) in [5, 5.41) is 0. The molecule has 0 aliphatic heterocycles. The van der Waals surface area contributed by atoms with Crippen LogP contribution in [0.5, 0.6) is 0 Å². The molecule has 4 aromatic carbocycles. The number of ether oxygens (including phenoxy) is 1. The van der Waals surface area contributed by atoms with Crippen LogP contribution < -0.4 is 4.90 Å². The Morgan fingerprint density at radius 1 is 0.656 bits per heavy atom. The molecule has 3 heteroatoms. The number of para-hydroxylation sites is 2. The highest BCUT2D eigenvalue weighted by molar-refractivity contribution is 5.89. The molecule has 0 aliphatic rings. The van der Waals surface area contributed by atoms with Gasteiger partial charge in [0.15, 0.2) is 0 Å². The number of esters is 1. The maximum absolute atomic E-state index is 11.8. The lowest BCUT2D eigenvalue weighted by atomic mass is 10.1. The molecule has 32 heavy (non-hydrogen) atoms. The lowest BCUT2D eigenvalue weighted by Gasteiger charge is -2.25. The van der Waals surface area contributed by atoms with Crippen LogP contribution in [0.2, 0.25) is 0 Å². The topological polar surface area (TPSA) is 29.5 Å². The second-order valence-electron chi connectivity index (χ2n) is 7.27. The highest BCUT2D eigenvalue weighted by atomic mass is 16.5. The van der Waals surface area contributed by atoms with E-state index in [0.29, 0.717) is 12.2 Å². The van der Waals surface area contributed by atoms with Crippen molar-refractivity contribution >= 4 is 35.2 Å². The third-order valence-corrected chi connectivity index (χ3v) is 5.07. The van der Waals surface area contributed by atoms with Gasteiger partial charge in [-0.05, 0) is 66.6 Å². The van der Waals surface area contributed by atoms with E-state index in [2.05, 4.69) is 83.8 Å². The zero-order chi connectivity index (χ0) is 22.2. The number of carbonyl (C=O) groups excluding carboxylic acids is 1. The van der Waals surface area contributed by atoms with Gasteiger partial charge in [0.1, 0.15) is 0 Å². The molecule has 0 unspecified atom stereocenters. The van der Waals surface area contributed by atoms with E-state index in [1.165, 1.54) is 0 Å². The predicted molar refractivity (Wildman–Crippen MR) is 132 cm³/mol. The molecule has 0 atom stereocenters. The molecule has 0 aromatic heterocycles. The molecule has 4 rings (SSSR count). The van der Waals surface area contributed by atoms with E-state index in [9.17, 15) is 4.79 Å². The first-order valence-corrected chi connectivity index (χ1v) is 10.7. The normalized spacial score (nSPS) is 10.8. The van der Waals surface area contributed by atoms with Gasteiger partial charge >= 0.3 is 5.97 Å². The maximum Gasteiger partial charge on any atom is 0.338 e. The first-order chi connectivity index (χ1) is 15.7. The molecule has 0 bridgehead atoms. The van der Waals surface area contributed by atoms with Crippen molar-refractivity contribution in [2.75, 3.05) is 11.5 Å². The van der Waals surface area contributed by atoms with Gasteiger partial charge in [0.2, 0.25) is 0 Å². The van der Waals surface area contributed by atoms with Crippen molar-refractivity contribution in [1.82, 2.24) is 0 Å². The SMILES string of the molecule is CCOC(=O)c1ccc(/C=C/c2ccc(N(c3ccccc3)c3ccccc3)cc2)cc1. The van der Waals surface area contributed by atoms with Crippen molar-refractivity contribution in [1.29, 1.82) is 0 Å². The van der Waals surface area contributed by atoms with Crippen LogP contribution in [0.1, 0.15) is 28.4 Å². The van der Waals surface area contributed by atoms with Crippen molar-refractivity contribution in [2.45, 2.75) is 6.92 Å². The molecule has 0 heterocycles. The van der Waals surface area contributed by atoms with Crippen molar-refractivity contribution in [3.8, 4) is 0 Å². The smallest absolute Gasteiger partial charge is 0.338 e. The number of nitrogens with zero attached hydrogens (tertiary/aromatic N) is 1. The second kappa shape index (κ2) is 10.3. The maximum atomic E-state index is 11.8. The summed E-state index contributed by atoms with van der Waals surface area (Å²) < 4.78 is 5.03. The van der Waals surface area contributed by atoms with Gasteiger partial charge in [-0.15, -0.1) is 0 Å². The number of rotatable bonds is 7. The van der Waals surface area contributed by atoms with E-state index in [1.54, 1.807) is 19.1 Å². The van der Waals surface area contributed by atoms with E-state index in [4.69, 9.17) is 4.74 Å². The Morgan fingerprint density at radius 2 is 1.09 bits per heavy atom. The van der Waals surface area contributed by atoms with Crippen molar-refractivity contribution < 1.29 is 9.53 Å². The van der Waals surface area contributed by atoms with Gasteiger partial charge < -0.3 is 9.64 Å². The molecule has 0 saturated heterocycles. The number of anilines is 3. The summed E-state index contributed by atoms with van der Waals surface area (Å²) in [6.07, 6.45) is 4.11. The monoisotopic (exact) mass is 419 g/mol. The Kier molecular flexibility index (Phi) is 6.78. The lowest BCUT2D eigenvalue weighted by molar-refractivity contribution is 0.0526. The standard InChI is InChI=1S/C29H25NO2/c1-2-32-29(31)25-19-15-23(16-20-25)13-14-24-17-21-28(22-18-24)30(26-9-5-3-6-10-26)27-11-7-4-8-12-27/h3-22H,2H2,1H3/b14-13+. The zero-order valence-electron chi connectivity index (χ0n) is 18.0. The second-order valence-corrected chi connectivity index (χ2v) is 7.27. The molecule has 4 aromatic rings. The van der Waals surface area contributed by atoms with Gasteiger partial charge in [-0.3, -0.25) is 0 Å². The van der Waals surface area contributed by atoms with E-state index in [-0.39, 0.29) is 5.97 Å². The summed E-state index contributed by atoms with van der Waals surface area (Å²) in [4.78, 5) is 14.0. The third kappa shape index (κ3) is 5.13. The van der Waals surface area contributed by atoms with Crippen LogP contribution in [0.15, 0.2) is 109 Å². The number of carbonyl (C=O) groups is 1. The van der Waals surface area contributed by atoms with Crippen LogP contribution in [-0.2, 0) is 4.74 Å². The Balaban J connectivity index is 1.53. The van der Waals surface area contributed by atoms with Crippen molar-refractivity contribution in [3.05, 3.63) is 126 Å². The molecule has 0 radical (unpaired) electrons. The highest BCUT2D eigenvalue weighted by Crippen LogP contribution is 2.34. The molecule has 3 nitrogen and oxygen atoms in total. The number of hydrogen-bond acceptors (Lipinski definition) is 3. The fraction of sp³-hybridized carbons (Fsp3) is 0.0690. The predicted octanol–water partition coefficient (Wildman–Crippen LogP) is 7.50. The Labute approximate surface area is 189 Å².